The monoisotopic (exact) mass is 397 g/mol. The fourth-order valence-corrected chi connectivity index (χ4v) is 4.10. The highest BCUT2D eigenvalue weighted by Gasteiger charge is 2.21. The Morgan fingerprint density at radius 1 is 1.24 bits per heavy atom. The number of amides is 2. The van der Waals surface area contributed by atoms with Crippen LogP contribution < -0.4 is 11.1 Å². The highest BCUT2D eigenvalue weighted by Crippen LogP contribution is 2.31. The molecule has 5 nitrogen and oxygen atoms in total. The largest absolute Gasteiger partial charge is 0.396 e. The molecule has 0 saturated heterocycles. The van der Waals surface area contributed by atoms with Crippen molar-refractivity contribution in [3.8, 4) is 0 Å². The van der Waals surface area contributed by atoms with Crippen molar-refractivity contribution in [1.82, 2.24) is 4.90 Å². The number of nitrogens with one attached hydrogen (secondary N) is 1. The van der Waals surface area contributed by atoms with Gasteiger partial charge in [0.25, 0.3) is 0 Å². The lowest BCUT2D eigenvalue weighted by atomic mass is 10.1. The first-order valence-electron chi connectivity index (χ1n) is 7.81. The molecule has 1 aromatic carbocycles. The number of carbonyl (C=O) groups is 2. The fourth-order valence-electron chi connectivity index (χ4n) is 2.72. The summed E-state index contributed by atoms with van der Waals surface area (Å²) in [7, 11) is 0. The molecule has 0 radical (unpaired) electrons. The lowest BCUT2D eigenvalue weighted by Crippen LogP contribution is -2.35. The van der Waals surface area contributed by atoms with Gasteiger partial charge in [0, 0.05) is 36.5 Å². The first-order valence-corrected chi connectivity index (χ1v) is 9.45. The van der Waals surface area contributed by atoms with E-state index in [0.717, 1.165) is 6.42 Å². The van der Waals surface area contributed by atoms with Crippen molar-refractivity contribution in [2.24, 2.45) is 0 Å². The number of hydrogen-bond donors (Lipinski definition) is 2. The number of nitrogens with two attached hydrogens (primary N) is 1. The van der Waals surface area contributed by atoms with Crippen molar-refractivity contribution in [3.63, 3.8) is 0 Å². The normalized spacial score (nSPS) is 13.4. The summed E-state index contributed by atoms with van der Waals surface area (Å²) >= 11 is 13.6. The van der Waals surface area contributed by atoms with Crippen LogP contribution in [-0.2, 0) is 22.6 Å². The lowest BCUT2D eigenvalue weighted by molar-refractivity contribution is -0.133. The van der Waals surface area contributed by atoms with E-state index in [4.69, 9.17) is 28.9 Å². The molecule has 1 aliphatic heterocycles. The molecule has 1 aliphatic rings. The van der Waals surface area contributed by atoms with E-state index in [9.17, 15) is 9.59 Å². The van der Waals surface area contributed by atoms with Gasteiger partial charge < -0.3 is 16.0 Å². The third kappa shape index (κ3) is 4.26. The van der Waals surface area contributed by atoms with Gasteiger partial charge >= 0.3 is 0 Å². The van der Waals surface area contributed by atoms with E-state index < -0.39 is 0 Å². The number of rotatable bonds is 4. The van der Waals surface area contributed by atoms with Crippen LogP contribution in [0, 0.1) is 0 Å². The van der Waals surface area contributed by atoms with Gasteiger partial charge in [-0.3, -0.25) is 9.59 Å². The molecule has 132 valence electrons. The van der Waals surface area contributed by atoms with Gasteiger partial charge in [0.2, 0.25) is 11.8 Å². The van der Waals surface area contributed by atoms with Gasteiger partial charge in [-0.05, 0) is 35.6 Å². The molecule has 0 unspecified atom stereocenters. The second-order valence-electron chi connectivity index (χ2n) is 5.84. The maximum absolute atomic E-state index is 12.3. The molecule has 2 heterocycles. The molecule has 3 rings (SSSR count). The van der Waals surface area contributed by atoms with E-state index in [1.807, 2.05) is 0 Å². The minimum absolute atomic E-state index is 0.0135. The summed E-state index contributed by atoms with van der Waals surface area (Å²) in [5.74, 6) is -0.279. The molecule has 0 aliphatic carbocycles. The summed E-state index contributed by atoms with van der Waals surface area (Å²) in [5, 5.41) is 5.29. The molecular formula is C17H17Cl2N3O2S. The summed E-state index contributed by atoms with van der Waals surface area (Å²) in [6.07, 6.45) is 1.15. The Bertz CT molecular complexity index is 799. The van der Waals surface area contributed by atoms with Crippen LogP contribution in [0.4, 0.5) is 11.4 Å². The Kier molecular flexibility index (Phi) is 5.51. The molecule has 3 N–H and O–H groups in total. The first-order chi connectivity index (χ1) is 11.9. The molecule has 0 atom stereocenters. The van der Waals surface area contributed by atoms with Crippen LogP contribution in [0.15, 0.2) is 23.6 Å². The summed E-state index contributed by atoms with van der Waals surface area (Å²) < 4.78 is 0. The fraction of sp³-hybridized carbons (Fsp3) is 0.294. The van der Waals surface area contributed by atoms with Crippen LogP contribution in [-0.4, -0.2) is 23.3 Å². The molecule has 0 fully saturated rings. The Morgan fingerprint density at radius 2 is 1.96 bits per heavy atom. The average molecular weight is 398 g/mol. The van der Waals surface area contributed by atoms with Gasteiger partial charge in [-0.2, -0.15) is 0 Å². The second kappa shape index (κ2) is 7.64. The second-order valence-corrected chi connectivity index (χ2v) is 7.65. The molecule has 8 heteroatoms. The van der Waals surface area contributed by atoms with Crippen molar-refractivity contribution >= 4 is 57.7 Å². The summed E-state index contributed by atoms with van der Waals surface area (Å²) in [6, 6.07) is 5.12. The minimum Gasteiger partial charge on any atom is -0.396 e. The Balaban J connectivity index is 1.52. The first kappa shape index (κ1) is 18.0. The van der Waals surface area contributed by atoms with Gasteiger partial charge in [-0.15, -0.1) is 11.3 Å². The molecule has 0 bridgehead atoms. The lowest BCUT2D eigenvalue weighted by Gasteiger charge is -2.27. The number of hydrogen-bond acceptors (Lipinski definition) is 4. The van der Waals surface area contributed by atoms with E-state index >= 15 is 0 Å². The number of thiophene rings is 1. The number of benzene rings is 1. The van der Waals surface area contributed by atoms with Crippen LogP contribution >= 0.6 is 34.5 Å². The zero-order valence-electron chi connectivity index (χ0n) is 13.4. The summed E-state index contributed by atoms with van der Waals surface area (Å²) in [4.78, 5) is 27.5. The molecule has 1 aromatic heterocycles. The molecule has 2 amide bonds. The topological polar surface area (TPSA) is 75.4 Å². The molecule has 25 heavy (non-hydrogen) atoms. The Hall–Kier alpha value is -1.76. The molecule has 2 aromatic rings. The predicted octanol–water partition coefficient (Wildman–Crippen LogP) is 3.94. The van der Waals surface area contributed by atoms with Gasteiger partial charge in [0.1, 0.15) is 0 Å². The summed E-state index contributed by atoms with van der Waals surface area (Å²) in [6.45, 7) is 1.33. The molecular weight excluding hydrogens is 381 g/mol. The number of nitrogens with zero attached hydrogens (tertiary/aromatic N) is 1. The number of nitrogen functional groups attached to an aromatic ring is 1. The van der Waals surface area contributed by atoms with Gasteiger partial charge in [-0.1, -0.05) is 23.2 Å². The summed E-state index contributed by atoms with van der Waals surface area (Å²) in [5.41, 5.74) is 7.60. The minimum atomic E-state index is -0.265. The van der Waals surface area contributed by atoms with Gasteiger partial charge in [0.15, 0.2) is 0 Å². The smallest absolute Gasteiger partial charge is 0.224 e. The Morgan fingerprint density at radius 3 is 2.68 bits per heavy atom. The van der Waals surface area contributed by atoms with E-state index in [-0.39, 0.29) is 40.4 Å². The van der Waals surface area contributed by atoms with Crippen molar-refractivity contribution in [1.29, 1.82) is 0 Å². The van der Waals surface area contributed by atoms with Crippen LogP contribution in [0.25, 0.3) is 0 Å². The van der Waals surface area contributed by atoms with E-state index in [1.54, 1.807) is 16.2 Å². The standard InChI is InChI=1S/C17H17Cl2N3O2S/c18-12-7-11(8-13(19)17(12)20)21-15(23)1-2-16(24)22-5-3-14-10(9-22)4-6-25-14/h4,6-8H,1-3,5,9,20H2,(H,21,23). The highest BCUT2D eigenvalue weighted by molar-refractivity contribution is 7.10. The van der Waals surface area contributed by atoms with Crippen molar-refractivity contribution in [2.75, 3.05) is 17.6 Å². The molecule has 0 saturated carbocycles. The number of halogens is 2. The van der Waals surface area contributed by atoms with Crippen LogP contribution in [0.3, 0.4) is 0 Å². The number of anilines is 2. The van der Waals surface area contributed by atoms with E-state index in [2.05, 4.69) is 16.8 Å². The highest BCUT2D eigenvalue weighted by atomic mass is 35.5. The maximum Gasteiger partial charge on any atom is 0.224 e. The van der Waals surface area contributed by atoms with E-state index in [0.29, 0.717) is 18.8 Å². The predicted molar refractivity (Wildman–Crippen MR) is 102 cm³/mol. The van der Waals surface area contributed by atoms with Crippen molar-refractivity contribution < 1.29 is 9.59 Å². The maximum atomic E-state index is 12.3. The third-order valence-corrected chi connectivity index (χ3v) is 5.74. The average Bonchev–Trinajstić information content (AvgIpc) is 3.05. The SMILES string of the molecule is Nc1c(Cl)cc(NC(=O)CCC(=O)N2CCc3sccc3C2)cc1Cl. The van der Waals surface area contributed by atoms with Crippen molar-refractivity contribution in [3.05, 3.63) is 44.1 Å². The van der Waals surface area contributed by atoms with Gasteiger partial charge in [-0.25, -0.2) is 0 Å². The zero-order chi connectivity index (χ0) is 18.0. The number of carbonyl (C=O) groups excluding carboxylic acids is 2. The third-order valence-electron chi connectivity index (χ3n) is 4.09. The van der Waals surface area contributed by atoms with Crippen LogP contribution in [0.1, 0.15) is 23.3 Å². The Labute approximate surface area is 159 Å². The van der Waals surface area contributed by atoms with Gasteiger partial charge in [0.05, 0.1) is 15.7 Å². The quantitative estimate of drug-likeness (QED) is 0.766. The zero-order valence-corrected chi connectivity index (χ0v) is 15.7. The molecule has 0 spiro atoms. The van der Waals surface area contributed by atoms with Crippen LogP contribution in [0.5, 0.6) is 0 Å². The number of fused-ring (bicyclic) bond motifs is 1. The van der Waals surface area contributed by atoms with Crippen LogP contribution in [0.2, 0.25) is 10.0 Å². The van der Waals surface area contributed by atoms with Crippen molar-refractivity contribution in [2.45, 2.75) is 25.8 Å². The van der Waals surface area contributed by atoms with E-state index in [1.165, 1.54) is 22.6 Å².